The highest BCUT2D eigenvalue weighted by Crippen LogP contribution is 2.33. The monoisotopic (exact) mass is 428 g/mol. The van der Waals surface area contributed by atoms with Crippen LogP contribution in [0.1, 0.15) is 24.0 Å². The number of anilines is 1. The van der Waals surface area contributed by atoms with Crippen LogP contribution in [0, 0.1) is 5.92 Å². The maximum atomic E-state index is 13.2. The van der Waals surface area contributed by atoms with Crippen LogP contribution in [-0.2, 0) is 17.5 Å². The lowest BCUT2D eigenvalue weighted by Crippen LogP contribution is -2.38. The van der Waals surface area contributed by atoms with Crippen molar-refractivity contribution in [3.8, 4) is 5.69 Å². The van der Waals surface area contributed by atoms with Gasteiger partial charge in [0.15, 0.2) is 0 Å². The lowest BCUT2D eigenvalue weighted by molar-refractivity contribution is -0.138. The standard InChI is InChI=1S/C23H23F3N4O/c24-23(25,26)21-5-2-1-4-18(21)16-29-14-10-17(11-15-29)22(31)28-19-6-8-20(9-7-19)30-13-3-12-27-30/h1-9,12-13,17H,10-11,14-16H2,(H,28,31). The minimum atomic E-state index is -4.36. The van der Waals surface area contributed by atoms with E-state index in [0.29, 0.717) is 31.6 Å². The quantitative estimate of drug-likeness (QED) is 0.639. The van der Waals surface area contributed by atoms with Crippen molar-refractivity contribution in [2.45, 2.75) is 25.6 Å². The van der Waals surface area contributed by atoms with Gasteiger partial charge in [0.05, 0.1) is 11.3 Å². The number of halogens is 3. The topological polar surface area (TPSA) is 50.2 Å². The molecular weight excluding hydrogens is 405 g/mol. The van der Waals surface area contributed by atoms with E-state index in [-0.39, 0.29) is 23.9 Å². The third kappa shape index (κ3) is 5.14. The van der Waals surface area contributed by atoms with Gasteiger partial charge >= 0.3 is 6.18 Å². The molecule has 1 aromatic heterocycles. The number of hydrogen-bond acceptors (Lipinski definition) is 3. The van der Waals surface area contributed by atoms with Crippen LogP contribution in [0.4, 0.5) is 18.9 Å². The summed E-state index contributed by atoms with van der Waals surface area (Å²) < 4.78 is 41.4. The molecule has 162 valence electrons. The van der Waals surface area contributed by atoms with Crippen molar-refractivity contribution < 1.29 is 18.0 Å². The van der Waals surface area contributed by atoms with Gasteiger partial charge in [0.1, 0.15) is 0 Å². The van der Waals surface area contributed by atoms with Gasteiger partial charge in [0, 0.05) is 30.5 Å². The summed E-state index contributed by atoms with van der Waals surface area (Å²) in [6.07, 6.45) is 0.413. The van der Waals surface area contributed by atoms with Gasteiger partial charge in [-0.1, -0.05) is 18.2 Å². The van der Waals surface area contributed by atoms with Gasteiger partial charge in [0.2, 0.25) is 5.91 Å². The van der Waals surface area contributed by atoms with E-state index in [0.717, 1.165) is 11.8 Å². The molecular formula is C23H23F3N4O. The van der Waals surface area contributed by atoms with E-state index in [2.05, 4.69) is 10.4 Å². The molecule has 1 saturated heterocycles. The van der Waals surface area contributed by atoms with E-state index in [9.17, 15) is 18.0 Å². The third-order valence-corrected chi connectivity index (χ3v) is 5.58. The molecule has 1 amide bonds. The van der Waals surface area contributed by atoms with E-state index >= 15 is 0 Å². The number of carbonyl (C=O) groups excluding carboxylic acids is 1. The number of carbonyl (C=O) groups is 1. The molecule has 0 spiro atoms. The first-order chi connectivity index (χ1) is 14.9. The van der Waals surface area contributed by atoms with Gasteiger partial charge in [0.25, 0.3) is 0 Å². The molecule has 5 nitrogen and oxygen atoms in total. The van der Waals surface area contributed by atoms with Crippen LogP contribution in [0.5, 0.6) is 0 Å². The summed E-state index contributed by atoms with van der Waals surface area (Å²) in [5.41, 5.74) is 1.29. The van der Waals surface area contributed by atoms with E-state index in [4.69, 9.17) is 0 Å². The van der Waals surface area contributed by atoms with Crippen LogP contribution in [0.15, 0.2) is 67.0 Å². The number of likely N-dealkylation sites (tertiary alicyclic amines) is 1. The predicted octanol–water partition coefficient (Wildman–Crippen LogP) is 4.74. The summed E-state index contributed by atoms with van der Waals surface area (Å²) >= 11 is 0. The molecule has 1 aliphatic heterocycles. The van der Waals surface area contributed by atoms with E-state index in [1.807, 2.05) is 41.4 Å². The van der Waals surface area contributed by atoms with Crippen molar-refractivity contribution in [2.75, 3.05) is 18.4 Å². The Bertz CT molecular complexity index is 1010. The fraction of sp³-hybridized carbons (Fsp3) is 0.304. The second-order valence-corrected chi connectivity index (χ2v) is 7.69. The van der Waals surface area contributed by atoms with Crippen LogP contribution < -0.4 is 5.32 Å². The summed E-state index contributed by atoms with van der Waals surface area (Å²) in [7, 11) is 0. The van der Waals surface area contributed by atoms with Crippen molar-refractivity contribution in [1.82, 2.24) is 14.7 Å². The third-order valence-electron chi connectivity index (χ3n) is 5.58. The van der Waals surface area contributed by atoms with Gasteiger partial charge in [-0.25, -0.2) is 4.68 Å². The van der Waals surface area contributed by atoms with Gasteiger partial charge in [-0.05, 0) is 67.9 Å². The van der Waals surface area contributed by atoms with Crippen LogP contribution in [-0.4, -0.2) is 33.7 Å². The van der Waals surface area contributed by atoms with Crippen LogP contribution >= 0.6 is 0 Å². The van der Waals surface area contributed by atoms with E-state index in [1.54, 1.807) is 16.9 Å². The minimum Gasteiger partial charge on any atom is -0.326 e. The van der Waals surface area contributed by atoms with Crippen molar-refractivity contribution >= 4 is 11.6 Å². The maximum absolute atomic E-state index is 13.2. The highest BCUT2D eigenvalue weighted by Gasteiger charge is 2.34. The summed E-state index contributed by atoms with van der Waals surface area (Å²) in [5.74, 6) is -0.206. The lowest BCUT2D eigenvalue weighted by Gasteiger charge is -2.31. The Morgan fingerprint density at radius 1 is 1.03 bits per heavy atom. The molecule has 0 radical (unpaired) electrons. The molecule has 2 heterocycles. The SMILES string of the molecule is O=C(Nc1ccc(-n2cccn2)cc1)C1CCN(Cc2ccccc2C(F)(F)F)CC1. The minimum absolute atomic E-state index is 0.0535. The summed E-state index contributed by atoms with van der Waals surface area (Å²) in [6.45, 7) is 1.41. The molecule has 1 aliphatic rings. The molecule has 3 aromatic rings. The number of nitrogens with one attached hydrogen (secondary N) is 1. The van der Waals surface area contributed by atoms with Crippen molar-refractivity contribution in [1.29, 1.82) is 0 Å². The fourth-order valence-corrected chi connectivity index (χ4v) is 3.89. The van der Waals surface area contributed by atoms with E-state index < -0.39 is 11.7 Å². The Labute approximate surface area is 178 Å². The Morgan fingerprint density at radius 3 is 2.39 bits per heavy atom. The molecule has 2 aromatic carbocycles. The molecule has 31 heavy (non-hydrogen) atoms. The Balaban J connectivity index is 1.30. The van der Waals surface area contributed by atoms with Gasteiger partial charge in [-0.15, -0.1) is 0 Å². The first-order valence-corrected chi connectivity index (χ1v) is 10.2. The summed E-state index contributed by atoms with van der Waals surface area (Å²) in [5, 5.41) is 7.11. The zero-order valence-electron chi connectivity index (χ0n) is 16.8. The molecule has 0 atom stereocenters. The zero-order valence-corrected chi connectivity index (χ0v) is 16.8. The fourth-order valence-electron chi connectivity index (χ4n) is 3.89. The van der Waals surface area contributed by atoms with Crippen molar-refractivity contribution in [3.63, 3.8) is 0 Å². The highest BCUT2D eigenvalue weighted by molar-refractivity contribution is 5.92. The molecule has 0 saturated carbocycles. The molecule has 0 aliphatic carbocycles. The Morgan fingerprint density at radius 2 is 1.74 bits per heavy atom. The number of benzene rings is 2. The number of amides is 1. The summed E-state index contributed by atoms with van der Waals surface area (Å²) in [6, 6.07) is 14.9. The van der Waals surface area contributed by atoms with Crippen molar-refractivity contribution in [3.05, 3.63) is 78.1 Å². The smallest absolute Gasteiger partial charge is 0.326 e. The molecule has 8 heteroatoms. The lowest BCUT2D eigenvalue weighted by atomic mass is 9.95. The molecule has 1 fully saturated rings. The maximum Gasteiger partial charge on any atom is 0.416 e. The number of hydrogen-bond donors (Lipinski definition) is 1. The molecule has 0 unspecified atom stereocenters. The second kappa shape index (κ2) is 8.93. The molecule has 0 bridgehead atoms. The Kier molecular flexibility index (Phi) is 6.08. The number of rotatable bonds is 5. The normalized spacial score (nSPS) is 15.7. The summed E-state index contributed by atoms with van der Waals surface area (Å²) in [4.78, 5) is 14.6. The van der Waals surface area contributed by atoms with Crippen LogP contribution in [0.2, 0.25) is 0 Å². The first kappa shape index (κ1) is 21.1. The number of piperidine rings is 1. The van der Waals surface area contributed by atoms with Gasteiger partial charge in [-0.2, -0.15) is 18.3 Å². The number of nitrogens with zero attached hydrogens (tertiary/aromatic N) is 3. The van der Waals surface area contributed by atoms with Crippen LogP contribution in [0.3, 0.4) is 0 Å². The van der Waals surface area contributed by atoms with Gasteiger partial charge in [-0.3, -0.25) is 9.69 Å². The zero-order chi connectivity index (χ0) is 21.8. The average Bonchev–Trinajstić information content (AvgIpc) is 3.29. The number of aromatic nitrogens is 2. The van der Waals surface area contributed by atoms with E-state index in [1.165, 1.54) is 12.1 Å². The van der Waals surface area contributed by atoms with Crippen molar-refractivity contribution in [2.24, 2.45) is 5.92 Å². The van der Waals surface area contributed by atoms with Crippen LogP contribution in [0.25, 0.3) is 5.69 Å². The van der Waals surface area contributed by atoms with Gasteiger partial charge < -0.3 is 5.32 Å². The molecule has 1 N–H and O–H groups in total. The first-order valence-electron chi connectivity index (χ1n) is 10.2. The Hall–Kier alpha value is -3.13. The highest BCUT2D eigenvalue weighted by atomic mass is 19.4. The average molecular weight is 428 g/mol. The predicted molar refractivity (Wildman–Crippen MR) is 112 cm³/mol. The molecule has 4 rings (SSSR count). The second-order valence-electron chi connectivity index (χ2n) is 7.69. The largest absolute Gasteiger partial charge is 0.416 e. The number of alkyl halides is 3.